The van der Waals surface area contributed by atoms with Crippen molar-refractivity contribution >= 4 is 11.9 Å². The minimum absolute atomic E-state index is 0.165. The van der Waals surface area contributed by atoms with Crippen molar-refractivity contribution in [1.29, 1.82) is 0 Å². The van der Waals surface area contributed by atoms with Crippen LogP contribution in [0.5, 0.6) is 11.5 Å². The highest BCUT2D eigenvalue weighted by molar-refractivity contribution is 5.97. The molecule has 7 heteroatoms. The molecule has 0 saturated heterocycles. The van der Waals surface area contributed by atoms with Crippen molar-refractivity contribution in [3.05, 3.63) is 23.8 Å². The number of halogens is 1. The second-order valence-corrected chi connectivity index (χ2v) is 5.42. The normalized spacial score (nSPS) is 11.9. The highest BCUT2D eigenvalue weighted by atomic mass is 19.1. The van der Waals surface area contributed by atoms with Gasteiger partial charge in [0.05, 0.1) is 13.7 Å². The first-order valence-corrected chi connectivity index (χ1v) is 7.29. The van der Waals surface area contributed by atoms with Gasteiger partial charge in [-0.05, 0) is 30.5 Å². The Balaban J connectivity index is 2.81. The van der Waals surface area contributed by atoms with E-state index in [0.29, 0.717) is 24.0 Å². The third-order valence-electron chi connectivity index (χ3n) is 3.14. The van der Waals surface area contributed by atoms with E-state index in [4.69, 9.17) is 14.6 Å². The lowest BCUT2D eigenvalue weighted by molar-refractivity contribution is -0.139. The summed E-state index contributed by atoms with van der Waals surface area (Å²) >= 11 is 0. The lowest BCUT2D eigenvalue weighted by atomic mass is 10.1. The summed E-state index contributed by atoms with van der Waals surface area (Å²) in [6, 6.07) is 2.89. The smallest absolute Gasteiger partial charge is 0.328 e. The summed E-state index contributed by atoms with van der Waals surface area (Å²) in [5.41, 5.74) is 0.165. The predicted octanol–water partition coefficient (Wildman–Crippen LogP) is 2.27. The topological polar surface area (TPSA) is 84.9 Å². The first kappa shape index (κ1) is 18.7. The number of nitrogens with one attached hydrogen (secondary N) is 1. The summed E-state index contributed by atoms with van der Waals surface area (Å²) in [5.74, 6) is -0.776. The Labute approximate surface area is 134 Å². The number of alkyl halides is 1. The number of hydrogen-bond donors (Lipinski definition) is 2. The lowest BCUT2D eigenvalue weighted by Crippen LogP contribution is -2.42. The molecule has 0 saturated carbocycles. The number of ether oxygens (including phenoxy) is 2. The number of amides is 1. The number of rotatable bonds is 9. The minimum atomic E-state index is -1.57. The van der Waals surface area contributed by atoms with Crippen molar-refractivity contribution in [3.8, 4) is 11.5 Å². The average Bonchev–Trinajstić information content (AvgIpc) is 2.51. The van der Waals surface area contributed by atoms with Crippen molar-refractivity contribution in [2.24, 2.45) is 5.92 Å². The molecule has 0 bridgehead atoms. The molecule has 1 amide bonds. The van der Waals surface area contributed by atoms with Crippen LogP contribution in [0.4, 0.5) is 4.39 Å². The van der Waals surface area contributed by atoms with Gasteiger partial charge in [0.1, 0.15) is 6.67 Å². The van der Waals surface area contributed by atoms with Gasteiger partial charge in [0.2, 0.25) is 0 Å². The zero-order valence-electron chi connectivity index (χ0n) is 13.5. The maximum absolute atomic E-state index is 12.6. The van der Waals surface area contributed by atoms with Gasteiger partial charge in [-0.2, -0.15) is 0 Å². The zero-order valence-corrected chi connectivity index (χ0v) is 13.5. The fraction of sp³-hybridized carbons (Fsp3) is 0.500. The molecule has 1 aromatic carbocycles. The van der Waals surface area contributed by atoms with Crippen LogP contribution in [0.15, 0.2) is 18.2 Å². The molecule has 23 heavy (non-hydrogen) atoms. The van der Waals surface area contributed by atoms with Crippen LogP contribution in [0.25, 0.3) is 0 Å². The largest absolute Gasteiger partial charge is 0.493 e. The number of carboxylic acid groups (broad SMARTS) is 1. The first-order chi connectivity index (χ1) is 10.9. The molecule has 1 aromatic rings. The SMILES string of the molecule is COc1cc(C(=O)NC(CF)C(=O)O)ccc1OCCC(C)C. The van der Waals surface area contributed by atoms with Gasteiger partial charge in [-0.1, -0.05) is 13.8 Å². The number of aliphatic carboxylic acids is 1. The molecule has 0 aliphatic rings. The standard InChI is InChI=1S/C16H22FNO5/c1-10(2)6-7-23-13-5-4-11(8-14(13)22-3)15(19)18-12(9-17)16(20)21/h4-5,8,10,12H,6-7,9H2,1-3H3,(H,18,19)(H,20,21). The molecular formula is C16H22FNO5. The zero-order chi connectivity index (χ0) is 17.4. The maximum atomic E-state index is 12.6. The van der Waals surface area contributed by atoms with Gasteiger partial charge in [0.15, 0.2) is 17.5 Å². The number of carbonyl (C=O) groups excluding carboxylic acids is 1. The predicted molar refractivity (Wildman–Crippen MR) is 82.8 cm³/mol. The molecular weight excluding hydrogens is 305 g/mol. The summed E-state index contributed by atoms with van der Waals surface area (Å²) < 4.78 is 23.3. The van der Waals surface area contributed by atoms with Gasteiger partial charge in [0, 0.05) is 5.56 Å². The number of benzene rings is 1. The Kier molecular flexibility index (Phi) is 7.31. The second kappa shape index (κ2) is 8.97. The average molecular weight is 327 g/mol. The third-order valence-corrected chi connectivity index (χ3v) is 3.14. The summed E-state index contributed by atoms with van der Waals surface area (Å²) in [6.45, 7) is 3.49. The molecule has 0 heterocycles. The van der Waals surface area contributed by atoms with Gasteiger partial charge in [-0.15, -0.1) is 0 Å². The van der Waals surface area contributed by atoms with Crippen LogP contribution in [0.1, 0.15) is 30.6 Å². The molecule has 0 radical (unpaired) electrons. The lowest BCUT2D eigenvalue weighted by Gasteiger charge is -2.14. The van der Waals surface area contributed by atoms with Crippen molar-refractivity contribution < 1.29 is 28.6 Å². The third kappa shape index (κ3) is 5.77. The van der Waals surface area contributed by atoms with Gasteiger partial charge in [0.25, 0.3) is 5.91 Å². The van der Waals surface area contributed by atoms with E-state index in [2.05, 4.69) is 19.2 Å². The van der Waals surface area contributed by atoms with Crippen molar-refractivity contribution in [3.63, 3.8) is 0 Å². The molecule has 1 unspecified atom stereocenters. The van der Waals surface area contributed by atoms with E-state index < -0.39 is 24.6 Å². The molecule has 1 rings (SSSR count). The summed E-state index contributed by atoms with van der Waals surface area (Å²) in [7, 11) is 1.44. The molecule has 128 valence electrons. The van der Waals surface area contributed by atoms with Crippen LogP contribution in [0.2, 0.25) is 0 Å². The van der Waals surface area contributed by atoms with Crippen LogP contribution < -0.4 is 14.8 Å². The number of carboxylic acids is 1. The number of carbonyl (C=O) groups is 2. The molecule has 0 aliphatic heterocycles. The fourth-order valence-corrected chi connectivity index (χ4v) is 1.74. The van der Waals surface area contributed by atoms with E-state index in [-0.39, 0.29) is 5.56 Å². The Morgan fingerprint density at radius 1 is 1.30 bits per heavy atom. The van der Waals surface area contributed by atoms with Gasteiger partial charge < -0.3 is 19.9 Å². The van der Waals surface area contributed by atoms with E-state index in [1.165, 1.54) is 19.2 Å². The van der Waals surface area contributed by atoms with Crippen molar-refractivity contribution in [2.45, 2.75) is 26.3 Å². The minimum Gasteiger partial charge on any atom is -0.493 e. The monoisotopic (exact) mass is 327 g/mol. The Morgan fingerprint density at radius 2 is 2.00 bits per heavy atom. The van der Waals surface area contributed by atoms with Crippen LogP contribution in [0, 0.1) is 5.92 Å². The maximum Gasteiger partial charge on any atom is 0.328 e. The Morgan fingerprint density at radius 3 is 2.52 bits per heavy atom. The van der Waals surface area contributed by atoms with Crippen LogP contribution in [-0.2, 0) is 4.79 Å². The van der Waals surface area contributed by atoms with Crippen molar-refractivity contribution in [1.82, 2.24) is 5.32 Å². The Hall–Kier alpha value is -2.31. The van der Waals surface area contributed by atoms with Gasteiger partial charge >= 0.3 is 5.97 Å². The number of methoxy groups -OCH3 is 1. The second-order valence-electron chi connectivity index (χ2n) is 5.42. The molecule has 0 fully saturated rings. The van der Waals surface area contributed by atoms with E-state index in [1.54, 1.807) is 6.07 Å². The van der Waals surface area contributed by atoms with E-state index in [1.807, 2.05) is 0 Å². The molecule has 0 aromatic heterocycles. The quantitative estimate of drug-likeness (QED) is 0.727. The molecule has 0 spiro atoms. The fourth-order valence-electron chi connectivity index (χ4n) is 1.74. The molecule has 6 nitrogen and oxygen atoms in total. The molecule has 1 atom stereocenters. The molecule has 0 aliphatic carbocycles. The van der Waals surface area contributed by atoms with E-state index in [0.717, 1.165) is 6.42 Å². The summed E-state index contributed by atoms with van der Waals surface area (Å²) in [6.07, 6.45) is 0.877. The summed E-state index contributed by atoms with van der Waals surface area (Å²) in [5, 5.41) is 10.9. The van der Waals surface area contributed by atoms with Crippen LogP contribution >= 0.6 is 0 Å². The molecule has 2 N–H and O–H groups in total. The van der Waals surface area contributed by atoms with Crippen LogP contribution in [0.3, 0.4) is 0 Å². The van der Waals surface area contributed by atoms with Crippen LogP contribution in [-0.4, -0.2) is 43.4 Å². The van der Waals surface area contributed by atoms with Gasteiger partial charge in [-0.3, -0.25) is 4.79 Å². The Bertz CT molecular complexity index is 547. The van der Waals surface area contributed by atoms with Crippen molar-refractivity contribution in [2.75, 3.05) is 20.4 Å². The first-order valence-electron chi connectivity index (χ1n) is 7.29. The van der Waals surface area contributed by atoms with E-state index >= 15 is 0 Å². The van der Waals surface area contributed by atoms with Gasteiger partial charge in [-0.25, -0.2) is 9.18 Å². The number of hydrogen-bond acceptors (Lipinski definition) is 4. The highest BCUT2D eigenvalue weighted by Crippen LogP contribution is 2.28. The summed E-state index contributed by atoms with van der Waals surface area (Å²) in [4.78, 5) is 22.7. The highest BCUT2D eigenvalue weighted by Gasteiger charge is 2.21. The van der Waals surface area contributed by atoms with E-state index in [9.17, 15) is 14.0 Å².